The molecule has 3 N–H and O–H groups in total. The minimum atomic E-state index is -0.144. The molecule has 0 unspecified atom stereocenters. The maximum atomic E-state index is 12.1. The summed E-state index contributed by atoms with van der Waals surface area (Å²) in [4.78, 5) is 16.1. The van der Waals surface area contributed by atoms with Crippen LogP contribution in [0.15, 0.2) is 36.9 Å². The zero-order valence-electron chi connectivity index (χ0n) is 12.1. The van der Waals surface area contributed by atoms with Gasteiger partial charge in [0.1, 0.15) is 5.75 Å². The Morgan fingerprint density at radius 3 is 3.00 bits per heavy atom. The number of nitrogens with two attached hydrogens (primary N) is 1. The van der Waals surface area contributed by atoms with Crippen LogP contribution >= 0.6 is 0 Å². The number of aromatic nitrogens is 2. The summed E-state index contributed by atoms with van der Waals surface area (Å²) in [6, 6.07) is 5.01. The van der Waals surface area contributed by atoms with Crippen molar-refractivity contribution in [2.75, 3.05) is 19.4 Å². The summed E-state index contributed by atoms with van der Waals surface area (Å²) in [5.74, 6) is 0.348. The molecule has 112 valence electrons. The number of nitrogens with zero attached hydrogens (tertiary/aromatic N) is 2. The first-order valence-electron chi connectivity index (χ1n) is 6.88. The van der Waals surface area contributed by atoms with Crippen molar-refractivity contribution in [3.05, 3.63) is 42.5 Å². The number of nitrogens with one attached hydrogen (secondary N) is 1. The lowest BCUT2D eigenvalue weighted by atomic mass is 10.1. The lowest BCUT2D eigenvalue weighted by molar-refractivity contribution is 0.0950. The largest absolute Gasteiger partial charge is 0.496 e. The molecular formula is C15H20N4O2. The van der Waals surface area contributed by atoms with Crippen LogP contribution < -0.4 is 15.8 Å². The second kappa shape index (κ2) is 7.33. The van der Waals surface area contributed by atoms with Gasteiger partial charge in [0.25, 0.3) is 5.91 Å². The van der Waals surface area contributed by atoms with Crippen LogP contribution in [0.5, 0.6) is 5.75 Å². The quantitative estimate of drug-likeness (QED) is 0.600. The minimum absolute atomic E-state index is 0.144. The van der Waals surface area contributed by atoms with Crippen LogP contribution in [0, 0.1) is 0 Å². The number of imidazole rings is 1. The lowest BCUT2D eigenvalue weighted by Gasteiger charge is -2.10. The van der Waals surface area contributed by atoms with Gasteiger partial charge in [-0.1, -0.05) is 0 Å². The van der Waals surface area contributed by atoms with Crippen molar-refractivity contribution in [2.24, 2.45) is 0 Å². The first-order valence-corrected chi connectivity index (χ1v) is 6.88. The maximum absolute atomic E-state index is 12.1. The van der Waals surface area contributed by atoms with Gasteiger partial charge < -0.3 is 20.4 Å². The molecule has 0 radical (unpaired) electrons. The fourth-order valence-corrected chi connectivity index (χ4v) is 2.03. The summed E-state index contributed by atoms with van der Waals surface area (Å²) in [6.45, 7) is 1.53. The highest BCUT2D eigenvalue weighted by Crippen LogP contribution is 2.21. The minimum Gasteiger partial charge on any atom is -0.496 e. The molecule has 1 amide bonds. The van der Waals surface area contributed by atoms with Gasteiger partial charge in [0, 0.05) is 37.2 Å². The molecule has 0 fully saturated rings. The van der Waals surface area contributed by atoms with Crippen molar-refractivity contribution in [1.29, 1.82) is 0 Å². The molecule has 0 saturated heterocycles. The second-order valence-corrected chi connectivity index (χ2v) is 4.72. The van der Waals surface area contributed by atoms with E-state index in [0.29, 0.717) is 23.5 Å². The predicted molar refractivity (Wildman–Crippen MR) is 81.2 cm³/mol. The number of hydrogen-bond donors (Lipinski definition) is 2. The number of carbonyl (C=O) groups excluding carboxylic acids is 1. The van der Waals surface area contributed by atoms with Gasteiger partial charge in [-0.15, -0.1) is 0 Å². The van der Waals surface area contributed by atoms with Crippen LogP contribution in [-0.4, -0.2) is 29.1 Å². The van der Waals surface area contributed by atoms with E-state index in [-0.39, 0.29) is 5.91 Å². The van der Waals surface area contributed by atoms with E-state index in [9.17, 15) is 4.79 Å². The third-order valence-electron chi connectivity index (χ3n) is 3.16. The highest BCUT2D eigenvalue weighted by atomic mass is 16.5. The van der Waals surface area contributed by atoms with Gasteiger partial charge in [0.2, 0.25) is 0 Å². The van der Waals surface area contributed by atoms with Crippen molar-refractivity contribution in [3.63, 3.8) is 0 Å². The van der Waals surface area contributed by atoms with E-state index in [1.165, 1.54) is 7.11 Å². The molecule has 0 aliphatic heterocycles. The molecule has 2 rings (SSSR count). The molecule has 0 atom stereocenters. The summed E-state index contributed by atoms with van der Waals surface area (Å²) in [6.07, 6.45) is 7.36. The molecule has 6 heteroatoms. The first kappa shape index (κ1) is 14.9. The van der Waals surface area contributed by atoms with Crippen LogP contribution in [0.3, 0.4) is 0 Å². The van der Waals surface area contributed by atoms with Crippen molar-refractivity contribution in [3.8, 4) is 5.75 Å². The van der Waals surface area contributed by atoms with E-state index in [4.69, 9.17) is 10.5 Å². The number of nitrogen functional groups attached to an aromatic ring is 1. The average molecular weight is 288 g/mol. The zero-order chi connectivity index (χ0) is 15.1. The predicted octanol–water partition coefficient (Wildman–Crippen LogP) is 1.68. The van der Waals surface area contributed by atoms with Gasteiger partial charge in [-0.25, -0.2) is 4.98 Å². The Kier molecular flexibility index (Phi) is 5.20. The standard InChI is InChI=1S/C15H20N4O2/c1-21-14-10-12(16)4-5-13(14)15(20)18-6-2-3-8-19-9-7-17-11-19/h4-5,7,9-11H,2-3,6,8,16H2,1H3,(H,18,20). The molecule has 0 aliphatic rings. The van der Waals surface area contributed by atoms with E-state index in [1.54, 1.807) is 30.7 Å². The number of rotatable bonds is 7. The number of amides is 1. The van der Waals surface area contributed by atoms with Crippen molar-refractivity contribution in [2.45, 2.75) is 19.4 Å². The van der Waals surface area contributed by atoms with Crippen molar-refractivity contribution < 1.29 is 9.53 Å². The summed E-state index contributed by atoms with van der Waals surface area (Å²) in [5.41, 5.74) is 6.74. The smallest absolute Gasteiger partial charge is 0.255 e. The topological polar surface area (TPSA) is 82.2 Å². The summed E-state index contributed by atoms with van der Waals surface area (Å²) < 4.78 is 7.19. The monoisotopic (exact) mass is 288 g/mol. The summed E-state index contributed by atoms with van der Waals surface area (Å²) in [5, 5.41) is 2.89. The number of benzene rings is 1. The van der Waals surface area contributed by atoms with E-state index in [1.807, 2.05) is 10.8 Å². The Balaban J connectivity index is 1.76. The Morgan fingerprint density at radius 1 is 1.43 bits per heavy atom. The maximum Gasteiger partial charge on any atom is 0.255 e. The van der Waals surface area contributed by atoms with Crippen molar-refractivity contribution >= 4 is 11.6 Å². The molecular weight excluding hydrogens is 268 g/mol. The van der Waals surface area contributed by atoms with Gasteiger partial charge in [0.15, 0.2) is 0 Å². The number of unbranched alkanes of at least 4 members (excludes halogenated alkanes) is 1. The summed E-state index contributed by atoms with van der Waals surface area (Å²) in [7, 11) is 1.52. The van der Waals surface area contributed by atoms with Gasteiger partial charge in [-0.05, 0) is 25.0 Å². The van der Waals surface area contributed by atoms with Gasteiger partial charge in [-0.3, -0.25) is 4.79 Å². The Bertz CT molecular complexity index is 581. The third-order valence-corrected chi connectivity index (χ3v) is 3.16. The molecule has 0 aliphatic carbocycles. The number of carbonyl (C=O) groups is 1. The van der Waals surface area contributed by atoms with Crippen LogP contribution in [0.2, 0.25) is 0 Å². The molecule has 1 aromatic heterocycles. The number of methoxy groups -OCH3 is 1. The highest BCUT2D eigenvalue weighted by Gasteiger charge is 2.11. The molecule has 0 spiro atoms. The summed E-state index contributed by atoms with van der Waals surface area (Å²) >= 11 is 0. The van der Waals surface area contributed by atoms with Gasteiger partial charge >= 0.3 is 0 Å². The second-order valence-electron chi connectivity index (χ2n) is 4.72. The fourth-order valence-electron chi connectivity index (χ4n) is 2.03. The lowest BCUT2D eigenvalue weighted by Crippen LogP contribution is -2.25. The SMILES string of the molecule is COc1cc(N)ccc1C(=O)NCCCCn1ccnc1. The van der Waals surface area contributed by atoms with Crippen LogP contribution in [0.1, 0.15) is 23.2 Å². The van der Waals surface area contributed by atoms with E-state index in [0.717, 1.165) is 19.4 Å². The molecule has 0 bridgehead atoms. The molecule has 6 nitrogen and oxygen atoms in total. The van der Waals surface area contributed by atoms with Gasteiger partial charge in [0.05, 0.1) is 19.0 Å². The normalized spacial score (nSPS) is 10.3. The average Bonchev–Trinajstić information content (AvgIpc) is 2.99. The molecule has 2 aromatic rings. The highest BCUT2D eigenvalue weighted by molar-refractivity contribution is 5.97. The number of aryl methyl sites for hydroxylation is 1. The van der Waals surface area contributed by atoms with E-state index < -0.39 is 0 Å². The molecule has 1 aromatic carbocycles. The van der Waals surface area contributed by atoms with E-state index in [2.05, 4.69) is 10.3 Å². The zero-order valence-corrected chi connectivity index (χ0v) is 12.1. The molecule has 0 saturated carbocycles. The molecule has 1 heterocycles. The Morgan fingerprint density at radius 2 is 2.29 bits per heavy atom. The van der Waals surface area contributed by atoms with E-state index >= 15 is 0 Å². The first-order chi connectivity index (χ1) is 10.2. The Labute approximate surface area is 123 Å². The van der Waals surface area contributed by atoms with Crippen LogP contribution in [0.25, 0.3) is 0 Å². The Hall–Kier alpha value is -2.50. The van der Waals surface area contributed by atoms with Crippen LogP contribution in [0.4, 0.5) is 5.69 Å². The number of hydrogen-bond acceptors (Lipinski definition) is 4. The number of anilines is 1. The third kappa shape index (κ3) is 4.24. The van der Waals surface area contributed by atoms with Crippen molar-refractivity contribution in [1.82, 2.24) is 14.9 Å². The fraction of sp³-hybridized carbons (Fsp3) is 0.333. The number of ether oxygens (including phenoxy) is 1. The van der Waals surface area contributed by atoms with Gasteiger partial charge in [-0.2, -0.15) is 0 Å². The molecule has 21 heavy (non-hydrogen) atoms. The van der Waals surface area contributed by atoms with Crippen LogP contribution in [-0.2, 0) is 6.54 Å².